The van der Waals surface area contributed by atoms with Crippen LogP contribution < -0.4 is 10.6 Å². The molecule has 0 radical (unpaired) electrons. The molecule has 1 aliphatic rings. The Morgan fingerprint density at radius 2 is 2.22 bits per heavy atom. The first kappa shape index (κ1) is 12.6. The molecule has 1 fully saturated rings. The molecule has 18 heavy (non-hydrogen) atoms. The predicted octanol–water partition coefficient (Wildman–Crippen LogP) is 0.164. The number of hydrogen-bond donors (Lipinski definition) is 1. The van der Waals surface area contributed by atoms with Crippen LogP contribution in [0.15, 0.2) is 24.3 Å². The van der Waals surface area contributed by atoms with Gasteiger partial charge in [0.25, 0.3) is 0 Å². The van der Waals surface area contributed by atoms with E-state index in [9.17, 15) is 4.79 Å². The van der Waals surface area contributed by atoms with E-state index in [1.807, 2.05) is 18.0 Å². The highest BCUT2D eigenvalue weighted by Gasteiger charge is 2.30. The highest BCUT2D eigenvalue weighted by atomic mass is 16.2. The van der Waals surface area contributed by atoms with Gasteiger partial charge in [0.15, 0.2) is 0 Å². The molecule has 2 rings (SSSR count). The lowest BCUT2D eigenvalue weighted by Crippen LogP contribution is -2.57. The Kier molecular flexibility index (Phi) is 3.60. The molecule has 1 heterocycles. The van der Waals surface area contributed by atoms with Crippen molar-refractivity contribution >= 4 is 11.6 Å². The number of nitrogens with two attached hydrogens (primary N) is 1. The molecule has 1 aliphatic heterocycles. The molecular formula is C13H16N4O. The Labute approximate surface area is 106 Å². The second-order valence-electron chi connectivity index (χ2n) is 4.44. The van der Waals surface area contributed by atoms with Crippen molar-refractivity contribution in [2.45, 2.75) is 6.04 Å². The molecule has 0 bridgehead atoms. The van der Waals surface area contributed by atoms with Crippen molar-refractivity contribution < 1.29 is 4.79 Å². The minimum Gasteiger partial charge on any atom is -0.329 e. The highest BCUT2D eigenvalue weighted by Crippen LogP contribution is 2.23. The monoisotopic (exact) mass is 244 g/mol. The van der Waals surface area contributed by atoms with E-state index in [4.69, 9.17) is 11.0 Å². The number of anilines is 1. The lowest BCUT2D eigenvalue weighted by atomic mass is 10.1. The van der Waals surface area contributed by atoms with Crippen LogP contribution in [0.3, 0.4) is 0 Å². The Balaban J connectivity index is 2.32. The highest BCUT2D eigenvalue weighted by molar-refractivity contribution is 5.96. The standard InChI is InChI=1S/C13H16N4O/c1-16-9-13(18)17(8-11(16)7-15)12-5-3-2-4-10(12)6-14/h2-5,11H,7-9,15H2,1H3. The Morgan fingerprint density at radius 1 is 1.50 bits per heavy atom. The fourth-order valence-electron chi connectivity index (χ4n) is 2.17. The summed E-state index contributed by atoms with van der Waals surface area (Å²) in [5.74, 6) is 0.00454. The van der Waals surface area contributed by atoms with Crippen molar-refractivity contribution in [3.05, 3.63) is 29.8 Å². The molecule has 0 aliphatic carbocycles. The van der Waals surface area contributed by atoms with E-state index in [1.165, 1.54) is 0 Å². The zero-order valence-corrected chi connectivity index (χ0v) is 10.3. The topological polar surface area (TPSA) is 73.4 Å². The molecule has 5 nitrogen and oxygen atoms in total. The smallest absolute Gasteiger partial charge is 0.241 e. The van der Waals surface area contributed by atoms with Crippen LogP contribution in [0.4, 0.5) is 5.69 Å². The molecule has 1 unspecified atom stereocenters. The van der Waals surface area contributed by atoms with Gasteiger partial charge in [0, 0.05) is 19.1 Å². The molecular weight excluding hydrogens is 228 g/mol. The average Bonchev–Trinajstić information content (AvgIpc) is 2.39. The molecule has 0 aromatic heterocycles. The number of carbonyl (C=O) groups excluding carboxylic acids is 1. The van der Waals surface area contributed by atoms with E-state index < -0.39 is 0 Å². The zero-order valence-electron chi connectivity index (χ0n) is 10.3. The summed E-state index contributed by atoms with van der Waals surface area (Å²) in [4.78, 5) is 15.7. The van der Waals surface area contributed by atoms with Gasteiger partial charge >= 0.3 is 0 Å². The molecule has 1 aromatic carbocycles. The van der Waals surface area contributed by atoms with Gasteiger partial charge in [-0.25, -0.2) is 0 Å². The number of rotatable bonds is 2. The van der Waals surface area contributed by atoms with Crippen LogP contribution in [-0.4, -0.2) is 43.5 Å². The predicted molar refractivity (Wildman–Crippen MR) is 69.0 cm³/mol. The van der Waals surface area contributed by atoms with Gasteiger partial charge in [-0.3, -0.25) is 9.69 Å². The van der Waals surface area contributed by atoms with E-state index in [1.54, 1.807) is 23.1 Å². The van der Waals surface area contributed by atoms with Crippen molar-refractivity contribution in [2.75, 3.05) is 31.6 Å². The van der Waals surface area contributed by atoms with Gasteiger partial charge in [-0.2, -0.15) is 5.26 Å². The third kappa shape index (κ3) is 2.21. The van der Waals surface area contributed by atoms with E-state index in [0.29, 0.717) is 30.9 Å². The van der Waals surface area contributed by atoms with Crippen LogP contribution in [0, 0.1) is 11.3 Å². The van der Waals surface area contributed by atoms with Crippen molar-refractivity contribution in [3.63, 3.8) is 0 Å². The first-order valence-corrected chi connectivity index (χ1v) is 5.87. The number of nitriles is 1. The molecule has 1 saturated heterocycles. The van der Waals surface area contributed by atoms with Crippen molar-refractivity contribution in [1.82, 2.24) is 4.90 Å². The normalized spacial score (nSPS) is 20.8. The number of para-hydroxylation sites is 1. The lowest BCUT2D eigenvalue weighted by molar-refractivity contribution is -0.121. The molecule has 1 atom stereocenters. The number of hydrogen-bond acceptors (Lipinski definition) is 4. The number of nitrogens with zero attached hydrogens (tertiary/aromatic N) is 3. The first-order valence-electron chi connectivity index (χ1n) is 5.87. The van der Waals surface area contributed by atoms with Gasteiger partial charge in [-0.15, -0.1) is 0 Å². The first-order chi connectivity index (χ1) is 8.67. The van der Waals surface area contributed by atoms with Crippen LogP contribution >= 0.6 is 0 Å². The van der Waals surface area contributed by atoms with E-state index in [2.05, 4.69) is 6.07 Å². The largest absolute Gasteiger partial charge is 0.329 e. The van der Waals surface area contributed by atoms with E-state index >= 15 is 0 Å². The minimum absolute atomic E-state index is 0.00454. The average molecular weight is 244 g/mol. The van der Waals surface area contributed by atoms with E-state index in [0.717, 1.165) is 0 Å². The Hall–Kier alpha value is -1.90. The summed E-state index contributed by atoms with van der Waals surface area (Å²) in [5, 5.41) is 9.09. The number of benzene rings is 1. The van der Waals surface area contributed by atoms with E-state index in [-0.39, 0.29) is 11.9 Å². The van der Waals surface area contributed by atoms with Gasteiger partial charge in [-0.1, -0.05) is 12.1 Å². The molecule has 0 spiro atoms. The van der Waals surface area contributed by atoms with Gasteiger partial charge in [-0.05, 0) is 19.2 Å². The van der Waals surface area contributed by atoms with Gasteiger partial charge in [0.1, 0.15) is 6.07 Å². The number of amides is 1. The number of carbonyl (C=O) groups is 1. The fraction of sp³-hybridized carbons (Fsp3) is 0.385. The maximum absolute atomic E-state index is 12.1. The van der Waals surface area contributed by atoms with Gasteiger partial charge in [0.05, 0.1) is 17.8 Å². The summed E-state index contributed by atoms with van der Waals surface area (Å²) >= 11 is 0. The molecule has 0 saturated carbocycles. The SMILES string of the molecule is CN1CC(=O)N(c2ccccc2C#N)CC1CN. The van der Waals surface area contributed by atoms with Crippen LogP contribution in [-0.2, 0) is 4.79 Å². The summed E-state index contributed by atoms with van der Waals surface area (Å²) < 4.78 is 0. The van der Waals surface area contributed by atoms with Gasteiger partial charge < -0.3 is 10.6 Å². The summed E-state index contributed by atoms with van der Waals surface area (Å²) in [6.07, 6.45) is 0. The summed E-state index contributed by atoms with van der Waals surface area (Å²) in [5.41, 5.74) is 6.90. The molecule has 5 heteroatoms. The third-order valence-electron chi connectivity index (χ3n) is 3.29. The summed E-state index contributed by atoms with van der Waals surface area (Å²) in [7, 11) is 1.89. The number of piperazine rings is 1. The van der Waals surface area contributed by atoms with Crippen molar-refractivity contribution in [3.8, 4) is 6.07 Å². The fourth-order valence-corrected chi connectivity index (χ4v) is 2.17. The third-order valence-corrected chi connectivity index (χ3v) is 3.29. The van der Waals surface area contributed by atoms with Crippen molar-refractivity contribution in [2.24, 2.45) is 5.73 Å². The summed E-state index contributed by atoms with van der Waals surface area (Å²) in [6.45, 7) is 1.36. The second-order valence-corrected chi connectivity index (χ2v) is 4.44. The molecule has 1 amide bonds. The maximum Gasteiger partial charge on any atom is 0.241 e. The quantitative estimate of drug-likeness (QED) is 0.804. The van der Waals surface area contributed by atoms with Gasteiger partial charge in [0.2, 0.25) is 5.91 Å². The Morgan fingerprint density at radius 3 is 2.89 bits per heavy atom. The summed E-state index contributed by atoms with van der Waals surface area (Å²) in [6, 6.07) is 9.40. The molecule has 94 valence electrons. The van der Waals surface area contributed by atoms with Crippen LogP contribution in [0.1, 0.15) is 5.56 Å². The number of likely N-dealkylation sites (N-methyl/N-ethyl adjacent to an activating group) is 1. The zero-order chi connectivity index (χ0) is 13.1. The molecule has 1 aromatic rings. The minimum atomic E-state index is 0.00454. The van der Waals surface area contributed by atoms with Crippen LogP contribution in [0.5, 0.6) is 0 Å². The second kappa shape index (κ2) is 5.17. The maximum atomic E-state index is 12.1. The van der Waals surface area contributed by atoms with Crippen LogP contribution in [0.2, 0.25) is 0 Å². The van der Waals surface area contributed by atoms with Crippen molar-refractivity contribution in [1.29, 1.82) is 5.26 Å². The lowest BCUT2D eigenvalue weighted by Gasteiger charge is -2.38. The molecule has 2 N–H and O–H groups in total. The van der Waals surface area contributed by atoms with Crippen LogP contribution in [0.25, 0.3) is 0 Å². The Bertz CT molecular complexity index is 494.